The number of rotatable bonds is 5. The molecular weight excluding hydrogens is 326 g/mol. The molecule has 0 saturated carbocycles. The van der Waals surface area contributed by atoms with E-state index in [-0.39, 0.29) is 6.04 Å². The van der Waals surface area contributed by atoms with Gasteiger partial charge >= 0.3 is 0 Å². The van der Waals surface area contributed by atoms with E-state index in [0.29, 0.717) is 13.2 Å². The summed E-state index contributed by atoms with van der Waals surface area (Å²) >= 11 is 0. The van der Waals surface area contributed by atoms with Crippen LogP contribution in [0.25, 0.3) is 5.69 Å². The Hall–Kier alpha value is -2.79. The molecule has 0 radical (unpaired) electrons. The highest BCUT2D eigenvalue weighted by atomic mass is 16.5. The lowest BCUT2D eigenvalue weighted by Crippen LogP contribution is -2.39. The molecule has 0 bridgehead atoms. The monoisotopic (exact) mass is 349 g/mol. The van der Waals surface area contributed by atoms with E-state index in [2.05, 4.69) is 52.1 Å². The average Bonchev–Trinajstić information content (AvgIpc) is 3.14. The summed E-state index contributed by atoms with van der Waals surface area (Å²) in [6, 6.07) is 14.7. The second-order valence-electron chi connectivity index (χ2n) is 6.59. The SMILES string of the molecule is COc1cccc2c1OCC(NCc1nccn1-c1cccc(C)c1)C2. The molecule has 3 aromatic rings. The van der Waals surface area contributed by atoms with Crippen molar-refractivity contribution >= 4 is 0 Å². The number of ether oxygens (including phenoxy) is 2. The van der Waals surface area contributed by atoms with Gasteiger partial charge in [-0.2, -0.15) is 0 Å². The van der Waals surface area contributed by atoms with E-state index in [4.69, 9.17) is 9.47 Å². The van der Waals surface area contributed by atoms with Gasteiger partial charge in [0, 0.05) is 24.1 Å². The zero-order valence-corrected chi connectivity index (χ0v) is 15.1. The first kappa shape index (κ1) is 16.7. The normalized spacial score (nSPS) is 16.0. The summed E-state index contributed by atoms with van der Waals surface area (Å²) in [6.07, 6.45) is 4.76. The van der Waals surface area contributed by atoms with Crippen molar-refractivity contribution in [2.45, 2.75) is 25.9 Å². The van der Waals surface area contributed by atoms with Gasteiger partial charge in [0.2, 0.25) is 0 Å². The third-order valence-electron chi connectivity index (χ3n) is 4.72. The van der Waals surface area contributed by atoms with Crippen LogP contribution >= 0.6 is 0 Å². The van der Waals surface area contributed by atoms with Crippen LogP contribution in [0.2, 0.25) is 0 Å². The number of hydrogen-bond acceptors (Lipinski definition) is 4. The fourth-order valence-corrected chi connectivity index (χ4v) is 3.40. The lowest BCUT2D eigenvalue weighted by Gasteiger charge is -2.27. The summed E-state index contributed by atoms with van der Waals surface area (Å²) in [5.41, 5.74) is 3.55. The van der Waals surface area contributed by atoms with Crippen LogP contribution in [-0.2, 0) is 13.0 Å². The molecule has 0 saturated heterocycles. The Morgan fingerprint density at radius 3 is 3.00 bits per heavy atom. The number of benzene rings is 2. The fraction of sp³-hybridized carbons (Fsp3) is 0.286. The predicted octanol–water partition coefficient (Wildman–Crippen LogP) is 3.28. The van der Waals surface area contributed by atoms with Crippen molar-refractivity contribution in [3.05, 3.63) is 71.8 Å². The Balaban J connectivity index is 1.45. The second-order valence-corrected chi connectivity index (χ2v) is 6.59. The van der Waals surface area contributed by atoms with Gasteiger partial charge in [-0.25, -0.2) is 4.98 Å². The summed E-state index contributed by atoms with van der Waals surface area (Å²) in [6.45, 7) is 3.41. The molecule has 2 heterocycles. The first-order valence-corrected chi connectivity index (χ1v) is 8.86. The van der Waals surface area contributed by atoms with Crippen LogP contribution in [-0.4, -0.2) is 29.3 Å². The highest BCUT2D eigenvalue weighted by Crippen LogP contribution is 2.34. The van der Waals surface area contributed by atoms with Gasteiger partial charge in [0.1, 0.15) is 12.4 Å². The Kier molecular flexibility index (Phi) is 4.63. The second kappa shape index (κ2) is 7.22. The molecule has 2 aromatic carbocycles. The largest absolute Gasteiger partial charge is 0.493 e. The maximum atomic E-state index is 5.94. The lowest BCUT2D eigenvalue weighted by molar-refractivity contribution is 0.226. The number of fused-ring (bicyclic) bond motifs is 1. The van der Waals surface area contributed by atoms with E-state index < -0.39 is 0 Å². The van der Waals surface area contributed by atoms with Crippen LogP contribution < -0.4 is 14.8 Å². The summed E-state index contributed by atoms with van der Waals surface area (Å²) in [7, 11) is 1.68. The number of nitrogens with one attached hydrogen (secondary N) is 1. The quantitative estimate of drug-likeness (QED) is 0.768. The molecule has 26 heavy (non-hydrogen) atoms. The van der Waals surface area contributed by atoms with Crippen molar-refractivity contribution in [2.24, 2.45) is 0 Å². The minimum atomic E-state index is 0.247. The maximum absolute atomic E-state index is 5.94. The summed E-state index contributed by atoms with van der Waals surface area (Å²) in [4.78, 5) is 4.52. The number of nitrogens with zero attached hydrogens (tertiary/aromatic N) is 2. The number of hydrogen-bond donors (Lipinski definition) is 1. The van der Waals surface area contributed by atoms with Crippen LogP contribution in [0.3, 0.4) is 0 Å². The molecule has 0 aliphatic carbocycles. The van der Waals surface area contributed by atoms with Crippen molar-refractivity contribution in [1.82, 2.24) is 14.9 Å². The zero-order chi connectivity index (χ0) is 17.9. The highest BCUT2D eigenvalue weighted by Gasteiger charge is 2.22. The van der Waals surface area contributed by atoms with Gasteiger partial charge in [0.15, 0.2) is 11.5 Å². The van der Waals surface area contributed by atoms with Crippen LogP contribution in [0.5, 0.6) is 11.5 Å². The molecule has 1 atom stereocenters. The molecule has 4 rings (SSSR count). The van der Waals surface area contributed by atoms with E-state index in [1.165, 1.54) is 11.1 Å². The van der Waals surface area contributed by atoms with Crippen LogP contribution in [0.1, 0.15) is 17.0 Å². The highest BCUT2D eigenvalue weighted by molar-refractivity contribution is 5.48. The maximum Gasteiger partial charge on any atom is 0.164 e. The number of para-hydroxylation sites is 1. The van der Waals surface area contributed by atoms with Crippen molar-refractivity contribution in [3.63, 3.8) is 0 Å². The number of aromatic nitrogens is 2. The standard InChI is InChI=1S/C21H23N3O2/c1-15-5-3-7-18(11-15)24-10-9-22-20(24)13-23-17-12-16-6-4-8-19(25-2)21(16)26-14-17/h3-11,17,23H,12-14H2,1-2H3. The Bertz CT molecular complexity index is 904. The number of methoxy groups -OCH3 is 1. The van der Waals surface area contributed by atoms with Crippen molar-refractivity contribution in [3.8, 4) is 17.2 Å². The van der Waals surface area contributed by atoms with Gasteiger partial charge in [-0.3, -0.25) is 0 Å². The van der Waals surface area contributed by atoms with E-state index in [9.17, 15) is 0 Å². The van der Waals surface area contributed by atoms with Crippen molar-refractivity contribution in [2.75, 3.05) is 13.7 Å². The van der Waals surface area contributed by atoms with E-state index >= 15 is 0 Å². The fourth-order valence-electron chi connectivity index (χ4n) is 3.40. The molecule has 1 aliphatic heterocycles. The molecule has 1 aliphatic rings. The Morgan fingerprint density at radius 1 is 1.27 bits per heavy atom. The zero-order valence-electron chi connectivity index (χ0n) is 15.1. The third kappa shape index (κ3) is 3.30. The molecular formula is C21H23N3O2. The molecule has 1 aromatic heterocycles. The third-order valence-corrected chi connectivity index (χ3v) is 4.72. The van der Waals surface area contributed by atoms with Gasteiger partial charge in [-0.1, -0.05) is 24.3 Å². The molecule has 5 nitrogen and oxygen atoms in total. The molecule has 1 unspecified atom stereocenters. The van der Waals surface area contributed by atoms with E-state index in [1.807, 2.05) is 24.5 Å². The van der Waals surface area contributed by atoms with E-state index in [0.717, 1.165) is 29.4 Å². The van der Waals surface area contributed by atoms with Gasteiger partial charge < -0.3 is 19.4 Å². The minimum Gasteiger partial charge on any atom is -0.493 e. The van der Waals surface area contributed by atoms with Crippen molar-refractivity contribution in [1.29, 1.82) is 0 Å². The van der Waals surface area contributed by atoms with Gasteiger partial charge in [0.25, 0.3) is 0 Å². The lowest BCUT2D eigenvalue weighted by atomic mass is 10.0. The van der Waals surface area contributed by atoms with Crippen LogP contribution in [0.15, 0.2) is 54.9 Å². The van der Waals surface area contributed by atoms with Crippen LogP contribution in [0.4, 0.5) is 0 Å². The first-order valence-electron chi connectivity index (χ1n) is 8.86. The Labute approximate surface area is 153 Å². The summed E-state index contributed by atoms with van der Waals surface area (Å²) < 4.78 is 13.5. The van der Waals surface area contributed by atoms with Gasteiger partial charge in [0.05, 0.1) is 13.7 Å². The molecule has 134 valence electrons. The Morgan fingerprint density at radius 2 is 2.15 bits per heavy atom. The molecule has 0 amide bonds. The first-order chi connectivity index (χ1) is 12.7. The molecule has 0 spiro atoms. The summed E-state index contributed by atoms with van der Waals surface area (Å²) in [5, 5.41) is 3.58. The molecule has 5 heteroatoms. The average molecular weight is 349 g/mol. The van der Waals surface area contributed by atoms with E-state index in [1.54, 1.807) is 7.11 Å². The van der Waals surface area contributed by atoms with Crippen molar-refractivity contribution < 1.29 is 9.47 Å². The molecule has 1 N–H and O–H groups in total. The number of imidazole rings is 1. The smallest absolute Gasteiger partial charge is 0.164 e. The van der Waals surface area contributed by atoms with Gasteiger partial charge in [-0.05, 0) is 42.7 Å². The summed E-state index contributed by atoms with van der Waals surface area (Å²) in [5.74, 6) is 2.66. The number of aryl methyl sites for hydroxylation is 1. The molecule has 0 fully saturated rings. The van der Waals surface area contributed by atoms with Gasteiger partial charge in [-0.15, -0.1) is 0 Å². The minimum absolute atomic E-state index is 0.247. The topological polar surface area (TPSA) is 48.3 Å². The predicted molar refractivity (Wildman–Crippen MR) is 101 cm³/mol. The van der Waals surface area contributed by atoms with Crippen LogP contribution in [0, 0.1) is 6.92 Å².